The third kappa shape index (κ3) is 5.33. The van der Waals surface area contributed by atoms with Gasteiger partial charge in [-0.05, 0) is 36.6 Å². The van der Waals surface area contributed by atoms with E-state index in [1.165, 1.54) is 12.2 Å². The van der Waals surface area contributed by atoms with Crippen molar-refractivity contribution in [3.8, 4) is 5.75 Å². The van der Waals surface area contributed by atoms with Crippen LogP contribution >= 0.6 is 7.75 Å². The normalized spacial score (nSPS) is 18.5. The molecule has 0 amide bonds. The van der Waals surface area contributed by atoms with Crippen molar-refractivity contribution in [3.05, 3.63) is 53.3 Å². The van der Waals surface area contributed by atoms with E-state index >= 15 is 0 Å². The Labute approximate surface area is 133 Å². The Hall–Kier alpha value is -1.92. The number of aliphatic hydroxyl groups excluding tert-OH is 2. The number of aromatic hydroxyl groups is 1. The van der Waals surface area contributed by atoms with Gasteiger partial charge in [0.1, 0.15) is 5.75 Å². The van der Waals surface area contributed by atoms with Gasteiger partial charge in [-0.3, -0.25) is 0 Å². The molecule has 1 aliphatic carbocycles. The Bertz CT molecular complexity index is 701. The molecule has 124 valence electrons. The summed E-state index contributed by atoms with van der Waals surface area (Å²) < 4.78 is 14.4. The molecule has 5 N–H and O–H groups in total. The van der Waals surface area contributed by atoms with Crippen LogP contribution in [0, 0.1) is 0 Å². The molecule has 0 fully saturated rings. The van der Waals surface area contributed by atoms with Gasteiger partial charge in [0.15, 0.2) is 0 Å². The van der Waals surface area contributed by atoms with Gasteiger partial charge in [0.25, 0.3) is 0 Å². The molecule has 1 aliphatic rings. The van der Waals surface area contributed by atoms with Gasteiger partial charge in [0.2, 0.25) is 0 Å². The molecule has 23 heavy (non-hydrogen) atoms. The van der Waals surface area contributed by atoms with E-state index in [1.807, 2.05) is 0 Å². The molecule has 0 aliphatic heterocycles. The smallest absolute Gasteiger partial charge is 0.448 e. The van der Waals surface area contributed by atoms with Gasteiger partial charge < -0.3 is 25.1 Å². The van der Waals surface area contributed by atoms with Crippen molar-refractivity contribution in [2.45, 2.75) is 25.4 Å². The fourth-order valence-corrected chi connectivity index (χ4v) is 2.79. The van der Waals surface area contributed by atoms with Crippen LogP contribution in [0.2, 0.25) is 0 Å². The third-order valence-electron chi connectivity index (χ3n) is 3.39. The maximum Gasteiger partial charge on any atom is 0.448 e. The molecular weight excluding hydrogens is 321 g/mol. The van der Waals surface area contributed by atoms with Crippen LogP contribution in [0.1, 0.15) is 18.4 Å². The highest BCUT2D eigenvalue weighted by Crippen LogP contribution is 2.38. The number of rotatable bonds is 5. The first-order chi connectivity index (χ1) is 10.7. The zero-order valence-electron chi connectivity index (χ0n) is 12.2. The first kappa shape index (κ1) is 17.4. The summed E-state index contributed by atoms with van der Waals surface area (Å²) in [6.45, 7) is 0. The highest BCUT2D eigenvalue weighted by molar-refractivity contribution is 7.50. The number of hydrogen-bond donors (Lipinski definition) is 5. The van der Waals surface area contributed by atoms with Crippen molar-refractivity contribution in [1.82, 2.24) is 0 Å². The minimum atomic E-state index is -4.65. The maximum absolute atomic E-state index is 11.1. The fourth-order valence-electron chi connectivity index (χ4n) is 2.29. The molecule has 7 nitrogen and oxygen atoms in total. The van der Waals surface area contributed by atoms with Crippen LogP contribution in [0.15, 0.2) is 52.5 Å². The minimum absolute atomic E-state index is 0.0171. The van der Waals surface area contributed by atoms with Gasteiger partial charge >= 0.3 is 7.75 Å². The second kappa shape index (κ2) is 7.10. The van der Waals surface area contributed by atoms with E-state index in [-0.39, 0.29) is 29.2 Å². The summed E-state index contributed by atoms with van der Waals surface area (Å²) in [5.74, 6) is 0.0765. The number of aryl methyl sites for hydroxylation is 1. The van der Waals surface area contributed by atoms with Crippen molar-refractivity contribution in [3.63, 3.8) is 0 Å². The Morgan fingerprint density at radius 2 is 1.78 bits per heavy atom. The first-order valence-corrected chi connectivity index (χ1v) is 8.52. The number of phenolic OH excluding ortho intramolecular Hbond substituents is 1. The predicted octanol–water partition coefficient (Wildman–Crippen LogP) is 1.99. The quantitative estimate of drug-likeness (QED) is 0.522. The number of benzene rings is 1. The maximum atomic E-state index is 11.1. The van der Waals surface area contributed by atoms with Gasteiger partial charge in [0, 0.05) is 12.0 Å². The van der Waals surface area contributed by atoms with Crippen LogP contribution < -0.4 is 0 Å². The second-order valence-corrected chi connectivity index (χ2v) is 6.46. The Morgan fingerprint density at radius 1 is 1.13 bits per heavy atom. The molecule has 0 heterocycles. The molecule has 1 atom stereocenters. The van der Waals surface area contributed by atoms with Gasteiger partial charge in [-0.25, -0.2) is 4.57 Å². The van der Waals surface area contributed by atoms with Crippen molar-refractivity contribution < 1.29 is 29.7 Å². The van der Waals surface area contributed by atoms with Crippen LogP contribution in [0.4, 0.5) is 0 Å². The Kier molecular flexibility index (Phi) is 5.38. The molecular formula is C15H18NO6P. The molecule has 0 radical (unpaired) electrons. The number of hydrogen-bond acceptors (Lipinski definition) is 4. The number of aliphatic hydroxyl groups is 2. The van der Waals surface area contributed by atoms with Crippen LogP contribution in [-0.4, -0.2) is 36.9 Å². The fraction of sp³-hybridized carbons (Fsp3) is 0.267. The molecule has 0 aromatic heterocycles. The average molecular weight is 339 g/mol. The van der Waals surface area contributed by atoms with Gasteiger partial charge in [-0.2, -0.15) is 4.76 Å². The summed E-state index contributed by atoms with van der Waals surface area (Å²) in [5.41, 5.74) is 1.17. The summed E-state index contributed by atoms with van der Waals surface area (Å²) in [5, 5.41) is 29.0. The van der Waals surface area contributed by atoms with E-state index in [4.69, 9.17) is 9.79 Å². The Morgan fingerprint density at radius 3 is 2.39 bits per heavy atom. The van der Waals surface area contributed by atoms with E-state index in [0.717, 1.165) is 5.56 Å². The zero-order chi connectivity index (χ0) is 17.0. The average Bonchev–Trinajstić information content (AvgIpc) is 2.45. The molecule has 0 bridgehead atoms. The summed E-state index contributed by atoms with van der Waals surface area (Å²) in [4.78, 5) is 18.0. The Balaban J connectivity index is 2.12. The lowest BCUT2D eigenvalue weighted by molar-refractivity contribution is 0.206. The number of phenols is 1. The predicted molar refractivity (Wildman–Crippen MR) is 85.3 cm³/mol. The highest BCUT2D eigenvalue weighted by atomic mass is 31.2. The summed E-state index contributed by atoms with van der Waals surface area (Å²) in [7, 11) is -4.65. The van der Waals surface area contributed by atoms with E-state index in [2.05, 4.69) is 4.76 Å². The lowest BCUT2D eigenvalue weighted by atomic mass is 9.93. The highest BCUT2D eigenvalue weighted by Gasteiger charge is 2.24. The summed E-state index contributed by atoms with van der Waals surface area (Å²) in [6, 6.07) is 6.55. The SMILES string of the molecule is O=P(O)(O)N=C1CC(O)=CC=C1C(O)CCc1ccc(O)cc1. The van der Waals surface area contributed by atoms with E-state index in [0.29, 0.717) is 12.8 Å². The lowest BCUT2D eigenvalue weighted by Gasteiger charge is -2.20. The standard InChI is InChI=1S/C15H18NO6P/c17-11-4-1-10(2-5-11)3-8-15(19)13-7-6-12(18)9-14(13)16-23(20,21)22/h1-2,4-7,15,17-19H,3,8-9H2,(H2,20,21,22). The molecule has 1 aromatic carbocycles. The molecule has 8 heteroatoms. The summed E-state index contributed by atoms with van der Waals surface area (Å²) >= 11 is 0. The number of allylic oxidation sites excluding steroid dienone is 3. The molecule has 0 saturated carbocycles. The van der Waals surface area contributed by atoms with E-state index in [9.17, 15) is 19.9 Å². The largest absolute Gasteiger partial charge is 0.512 e. The third-order valence-corrected chi connectivity index (χ3v) is 3.89. The molecule has 2 rings (SSSR count). The van der Waals surface area contributed by atoms with Gasteiger partial charge in [0.05, 0.1) is 17.6 Å². The van der Waals surface area contributed by atoms with Crippen molar-refractivity contribution in [1.29, 1.82) is 0 Å². The van der Waals surface area contributed by atoms with E-state index in [1.54, 1.807) is 24.3 Å². The van der Waals surface area contributed by atoms with Crippen LogP contribution in [0.25, 0.3) is 0 Å². The van der Waals surface area contributed by atoms with Gasteiger partial charge in [-0.15, -0.1) is 0 Å². The van der Waals surface area contributed by atoms with Crippen LogP contribution in [0.5, 0.6) is 5.75 Å². The molecule has 1 aromatic rings. The molecule has 0 saturated heterocycles. The molecule has 1 unspecified atom stereocenters. The zero-order valence-corrected chi connectivity index (χ0v) is 13.1. The lowest BCUT2D eigenvalue weighted by Crippen LogP contribution is -2.21. The van der Waals surface area contributed by atoms with Crippen molar-refractivity contribution in [2.24, 2.45) is 4.76 Å². The van der Waals surface area contributed by atoms with Crippen LogP contribution in [-0.2, 0) is 11.0 Å². The van der Waals surface area contributed by atoms with Crippen LogP contribution in [0.3, 0.4) is 0 Å². The monoisotopic (exact) mass is 339 g/mol. The first-order valence-electron chi connectivity index (χ1n) is 6.95. The number of nitrogens with zero attached hydrogens (tertiary/aromatic N) is 1. The van der Waals surface area contributed by atoms with Crippen molar-refractivity contribution in [2.75, 3.05) is 0 Å². The summed E-state index contributed by atoms with van der Waals surface area (Å²) in [6.07, 6.45) is 2.50. The van der Waals surface area contributed by atoms with E-state index < -0.39 is 13.9 Å². The minimum Gasteiger partial charge on any atom is -0.512 e. The second-order valence-electron chi connectivity index (χ2n) is 5.24. The molecule has 0 spiro atoms. The van der Waals surface area contributed by atoms with Gasteiger partial charge in [-0.1, -0.05) is 18.2 Å². The topological polar surface area (TPSA) is 131 Å². The van der Waals surface area contributed by atoms with Crippen molar-refractivity contribution >= 4 is 13.5 Å².